The number of carboxylic acids is 2. The van der Waals surface area contributed by atoms with Crippen LogP contribution in [0.15, 0.2) is 11.6 Å². The SMILES string of the molecule is C[C@H]1O[C@@H](O[C@@H]2[C@H](O)[C@@H](O)[C@H](O[C@H]3CC[C@]4(C)[C@H]5CC=C6[C@@H]7CC(C)(C)CC[C@]7(C(=O)O)CC[C@@]6(C(=O)O)[C@]5(C)CC[C@H]4C3(C)C)O[C@@H]2C)[C@H](O)[C@@H](O)[C@H]1O. The van der Waals surface area contributed by atoms with Crippen LogP contribution >= 0.6 is 0 Å². The molecule has 13 nitrogen and oxygen atoms in total. The number of hydrogen-bond donors (Lipinski definition) is 7. The molecule has 312 valence electrons. The van der Waals surface area contributed by atoms with Gasteiger partial charge in [-0.3, -0.25) is 9.59 Å². The molecule has 0 unspecified atom stereocenters. The van der Waals surface area contributed by atoms with Gasteiger partial charge in [0, 0.05) is 0 Å². The lowest BCUT2D eigenvalue weighted by Crippen LogP contribution is -2.68. The maximum Gasteiger partial charge on any atom is 0.314 e. The number of aliphatic carboxylic acids is 2. The summed E-state index contributed by atoms with van der Waals surface area (Å²) in [5.41, 5.74) is -2.54. The van der Waals surface area contributed by atoms with E-state index >= 15 is 0 Å². The fourth-order valence-corrected chi connectivity index (χ4v) is 13.7. The Balaban J connectivity index is 1.11. The summed E-state index contributed by atoms with van der Waals surface area (Å²) in [5.74, 6) is -1.74. The van der Waals surface area contributed by atoms with Crippen molar-refractivity contribution in [3.8, 4) is 0 Å². The zero-order chi connectivity index (χ0) is 40.4. The predicted octanol–water partition coefficient (Wildman–Crippen LogP) is 4.00. The summed E-state index contributed by atoms with van der Waals surface area (Å²) < 4.78 is 24.2. The number of allylic oxidation sites excluding steroid dienone is 1. The van der Waals surface area contributed by atoms with Gasteiger partial charge in [-0.2, -0.15) is 0 Å². The fraction of sp³-hybridized carbons (Fsp3) is 0.905. The first-order valence-electron chi connectivity index (χ1n) is 20.7. The van der Waals surface area contributed by atoms with Gasteiger partial charge in [0.1, 0.15) is 36.6 Å². The van der Waals surface area contributed by atoms with E-state index in [1.807, 2.05) is 0 Å². The topological polar surface area (TPSA) is 213 Å². The number of rotatable bonds is 6. The lowest BCUT2D eigenvalue weighted by molar-refractivity contribution is -0.362. The Hall–Kier alpha value is -1.68. The molecule has 0 spiro atoms. The van der Waals surface area contributed by atoms with Crippen molar-refractivity contribution in [1.29, 1.82) is 0 Å². The van der Waals surface area contributed by atoms with E-state index in [-0.39, 0.29) is 34.7 Å². The van der Waals surface area contributed by atoms with Gasteiger partial charge >= 0.3 is 11.9 Å². The second-order valence-electron chi connectivity index (χ2n) is 20.5. The van der Waals surface area contributed by atoms with Crippen LogP contribution in [0.1, 0.15) is 120 Å². The van der Waals surface area contributed by atoms with E-state index in [0.29, 0.717) is 44.9 Å². The first kappa shape index (κ1) is 41.5. The number of fused-ring (bicyclic) bond motifs is 7. The fourth-order valence-electron chi connectivity index (χ4n) is 13.7. The summed E-state index contributed by atoms with van der Waals surface area (Å²) in [6.45, 7) is 16.4. The van der Waals surface area contributed by atoms with Gasteiger partial charge in [0.15, 0.2) is 12.6 Å². The highest BCUT2D eigenvalue weighted by molar-refractivity contribution is 5.84. The molecular formula is C42H66O13. The second-order valence-corrected chi connectivity index (χ2v) is 20.5. The van der Waals surface area contributed by atoms with Crippen LogP contribution in [-0.4, -0.2) is 115 Å². The van der Waals surface area contributed by atoms with E-state index < -0.39 is 95.0 Å². The minimum Gasteiger partial charge on any atom is -0.481 e. The minimum atomic E-state index is -1.58. The third-order valence-corrected chi connectivity index (χ3v) is 17.0. The molecule has 7 aliphatic rings. The van der Waals surface area contributed by atoms with Crippen molar-refractivity contribution in [2.45, 2.75) is 187 Å². The van der Waals surface area contributed by atoms with Crippen LogP contribution in [0.25, 0.3) is 0 Å². The van der Waals surface area contributed by atoms with E-state index in [1.54, 1.807) is 6.92 Å². The normalized spacial score (nSPS) is 53.1. The molecule has 55 heavy (non-hydrogen) atoms. The molecule has 7 rings (SSSR count). The Morgan fingerprint density at radius 3 is 1.96 bits per heavy atom. The summed E-state index contributed by atoms with van der Waals surface area (Å²) in [4.78, 5) is 27.0. The van der Waals surface area contributed by atoms with Crippen LogP contribution in [-0.2, 0) is 28.5 Å². The standard InChI is InChI=1S/C42H66O13/c1-20-27(43)28(44)30(46)34(52-20)55-32-21(2)53-33(31(47)29(32)45)54-26-12-13-39(7)24(38(26,5)6)11-14-40(8)25(39)10-9-22-23-19-37(3,4)15-16-41(23,35(48)49)17-18-42(22,40)36(50)51/h9,20-21,23-34,43-47H,10-19H2,1-8H3,(H,48,49)(H,50,51)/t20-,21-,23+,24+,25-,26+,27+,28+,29-,30-,31-,32+,33+,34+,39+,40-,41+,42-/m1/s1. The number of carbonyl (C=O) groups is 2. The van der Waals surface area contributed by atoms with Crippen molar-refractivity contribution in [2.24, 2.45) is 50.2 Å². The lowest BCUT2D eigenvalue weighted by atomic mass is 9.33. The summed E-state index contributed by atoms with van der Waals surface area (Å²) >= 11 is 0. The third-order valence-electron chi connectivity index (χ3n) is 17.0. The van der Waals surface area contributed by atoms with Crippen LogP contribution < -0.4 is 0 Å². The molecule has 0 aromatic heterocycles. The van der Waals surface area contributed by atoms with E-state index in [4.69, 9.17) is 18.9 Å². The van der Waals surface area contributed by atoms with Crippen LogP contribution in [0.3, 0.4) is 0 Å². The Bertz CT molecular complexity index is 1550. The molecular weight excluding hydrogens is 712 g/mol. The second kappa shape index (κ2) is 13.7. The number of carboxylic acid groups (broad SMARTS) is 2. The monoisotopic (exact) mass is 778 g/mol. The Kier molecular flexibility index (Phi) is 10.3. The summed E-state index contributed by atoms with van der Waals surface area (Å²) in [6, 6.07) is 0. The molecule has 5 aliphatic carbocycles. The molecule has 2 heterocycles. The zero-order valence-electron chi connectivity index (χ0n) is 33.8. The third kappa shape index (κ3) is 5.94. The first-order valence-corrected chi connectivity index (χ1v) is 20.7. The molecule has 0 bridgehead atoms. The van der Waals surface area contributed by atoms with Crippen molar-refractivity contribution in [1.82, 2.24) is 0 Å². The summed E-state index contributed by atoms with van der Waals surface area (Å²) in [6.07, 6.45) is -4.62. The zero-order valence-corrected chi connectivity index (χ0v) is 33.8. The van der Waals surface area contributed by atoms with E-state index in [9.17, 15) is 45.3 Å². The van der Waals surface area contributed by atoms with Gasteiger partial charge in [-0.05, 0) is 117 Å². The van der Waals surface area contributed by atoms with Crippen LogP contribution in [0, 0.1) is 50.2 Å². The molecule has 0 amide bonds. The number of hydrogen-bond acceptors (Lipinski definition) is 11. The first-order chi connectivity index (χ1) is 25.5. The molecule has 13 heteroatoms. The molecule has 2 saturated heterocycles. The molecule has 0 aromatic carbocycles. The number of ether oxygens (including phenoxy) is 4. The average molecular weight is 779 g/mol. The minimum absolute atomic E-state index is 0.0451. The van der Waals surface area contributed by atoms with E-state index in [1.165, 1.54) is 6.92 Å². The highest BCUT2D eigenvalue weighted by Crippen LogP contribution is 2.76. The van der Waals surface area contributed by atoms with Gasteiger partial charge < -0.3 is 54.7 Å². The van der Waals surface area contributed by atoms with Crippen molar-refractivity contribution in [3.05, 3.63) is 11.6 Å². The summed E-state index contributed by atoms with van der Waals surface area (Å²) in [5, 5.41) is 75.5. The van der Waals surface area contributed by atoms with Crippen molar-refractivity contribution >= 4 is 11.9 Å². The van der Waals surface area contributed by atoms with Crippen molar-refractivity contribution in [2.75, 3.05) is 0 Å². The predicted molar refractivity (Wildman–Crippen MR) is 197 cm³/mol. The smallest absolute Gasteiger partial charge is 0.314 e. The molecule has 7 N–H and O–H groups in total. The average Bonchev–Trinajstić information content (AvgIpc) is 3.10. The van der Waals surface area contributed by atoms with Gasteiger partial charge in [0.2, 0.25) is 0 Å². The van der Waals surface area contributed by atoms with Gasteiger partial charge in [-0.25, -0.2) is 0 Å². The van der Waals surface area contributed by atoms with Crippen LogP contribution in [0.5, 0.6) is 0 Å². The lowest BCUT2D eigenvalue weighted by Gasteiger charge is -2.70. The molecule has 4 saturated carbocycles. The van der Waals surface area contributed by atoms with Gasteiger partial charge in [-0.1, -0.05) is 53.2 Å². The quantitative estimate of drug-likeness (QED) is 0.150. The molecule has 18 atom stereocenters. The van der Waals surface area contributed by atoms with Crippen molar-refractivity contribution in [3.63, 3.8) is 0 Å². The van der Waals surface area contributed by atoms with E-state index in [2.05, 4.69) is 47.6 Å². The Labute approximate surface area is 324 Å². The Morgan fingerprint density at radius 2 is 1.31 bits per heavy atom. The Morgan fingerprint density at radius 1 is 0.691 bits per heavy atom. The summed E-state index contributed by atoms with van der Waals surface area (Å²) in [7, 11) is 0. The molecule has 2 aliphatic heterocycles. The number of aliphatic hydroxyl groups excluding tert-OH is 5. The van der Waals surface area contributed by atoms with Gasteiger partial charge in [0.25, 0.3) is 0 Å². The van der Waals surface area contributed by atoms with Gasteiger partial charge in [0.05, 0.1) is 29.1 Å². The molecule has 0 radical (unpaired) electrons. The highest BCUT2D eigenvalue weighted by atomic mass is 16.7. The van der Waals surface area contributed by atoms with Crippen molar-refractivity contribution < 1.29 is 64.3 Å². The van der Waals surface area contributed by atoms with Gasteiger partial charge in [-0.15, -0.1) is 0 Å². The van der Waals surface area contributed by atoms with E-state index in [0.717, 1.165) is 24.8 Å². The maximum absolute atomic E-state index is 13.9. The molecule has 6 fully saturated rings. The maximum atomic E-state index is 13.9. The molecule has 0 aromatic rings. The van der Waals surface area contributed by atoms with Crippen LogP contribution in [0.4, 0.5) is 0 Å². The largest absolute Gasteiger partial charge is 0.481 e. The van der Waals surface area contributed by atoms with Crippen LogP contribution in [0.2, 0.25) is 0 Å². The number of aliphatic hydroxyl groups is 5. The highest BCUT2D eigenvalue weighted by Gasteiger charge is 2.73.